The fraction of sp³-hybridized carbons (Fsp3) is 0.364. The lowest BCUT2D eigenvalue weighted by Gasteiger charge is -2.36. The molecule has 1 saturated heterocycles. The third kappa shape index (κ3) is 5.21. The molecule has 0 spiro atoms. The molecule has 1 N–H and O–H groups in total. The summed E-state index contributed by atoms with van der Waals surface area (Å²) in [4.78, 5) is 28.7. The van der Waals surface area contributed by atoms with Crippen molar-refractivity contribution in [1.29, 1.82) is 0 Å². The molecule has 7 heteroatoms. The number of hydrogen-bond donors (Lipinski definition) is 1. The maximum absolute atomic E-state index is 12.9. The number of benzene rings is 2. The molecule has 1 fully saturated rings. The fourth-order valence-corrected chi connectivity index (χ4v) is 3.56. The lowest BCUT2D eigenvalue weighted by atomic mass is 10.1. The minimum absolute atomic E-state index is 0.0313. The van der Waals surface area contributed by atoms with Gasteiger partial charge in [0.2, 0.25) is 5.91 Å². The zero-order valence-electron chi connectivity index (χ0n) is 16.8. The first-order chi connectivity index (χ1) is 14.0. The zero-order valence-corrected chi connectivity index (χ0v) is 17.5. The molecular weight excluding hydrogens is 390 g/mol. The highest BCUT2D eigenvalue weighted by molar-refractivity contribution is 6.31. The predicted molar refractivity (Wildman–Crippen MR) is 116 cm³/mol. The first-order valence-electron chi connectivity index (χ1n) is 9.79. The van der Waals surface area contributed by atoms with Gasteiger partial charge in [-0.3, -0.25) is 9.59 Å². The Kier molecular flexibility index (Phi) is 6.99. The van der Waals surface area contributed by atoms with Gasteiger partial charge >= 0.3 is 0 Å². The number of piperazine rings is 1. The maximum Gasteiger partial charge on any atom is 0.257 e. The molecular formula is C22H26ClN3O3. The van der Waals surface area contributed by atoms with Gasteiger partial charge in [0.1, 0.15) is 5.75 Å². The second-order valence-electron chi connectivity index (χ2n) is 6.97. The van der Waals surface area contributed by atoms with E-state index in [1.54, 1.807) is 25.3 Å². The van der Waals surface area contributed by atoms with E-state index in [4.69, 9.17) is 16.3 Å². The molecule has 0 aliphatic carbocycles. The van der Waals surface area contributed by atoms with E-state index in [-0.39, 0.29) is 11.8 Å². The summed E-state index contributed by atoms with van der Waals surface area (Å²) in [5.74, 6) is 0.490. The van der Waals surface area contributed by atoms with Crippen molar-refractivity contribution in [2.24, 2.45) is 0 Å². The van der Waals surface area contributed by atoms with E-state index < -0.39 is 0 Å². The highest BCUT2D eigenvalue weighted by Gasteiger charge is 2.24. The van der Waals surface area contributed by atoms with Crippen LogP contribution in [0.1, 0.15) is 30.1 Å². The minimum atomic E-state index is -0.0713. The van der Waals surface area contributed by atoms with Crippen molar-refractivity contribution in [2.45, 2.75) is 19.8 Å². The number of ether oxygens (including phenoxy) is 1. The molecule has 0 radical (unpaired) electrons. The van der Waals surface area contributed by atoms with Crippen LogP contribution in [0.4, 0.5) is 11.4 Å². The second-order valence-corrected chi connectivity index (χ2v) is 7.41. The summed E-state index contributed by atoms with van der Waals surface area (Å²) in [7, 11) is 1.55. The van der Waals surface area contributed by atoms with Crippen LogP contribution in [0.15, 0.2) is 42.5 Å². The Labute approximate surface area is 176 Å². The topological polar surface area (TPSA) is 61.9 Å². The molecule has 154 valence electrons. The molecule has 29 heavy (non-hydrogen) atoms. The predicted octanol–water partition coefficient (Wildman–Crippen LogP) is 4.05. The monoisotopic (exact) mass is 415 g/mol. The van der Waals surface area contributed by atoms with Crippen molar-refractivity contribution in [3.05, 3.63) is 53.1 Å². The van der Waals surface area contributed by atoms with Crippen molar-refractivity contribution in [1.82, 2.24) is 4.90 Å². The van der Waals surface area contributed by atoms with E-state index in [9.17, 15) is 9.59 Å². The van der Waals surface area contributed by atoms with Crippen LogP contribution in [0, 0.1) is 0 Å². The van der Waals surface area contributed by atoms with Crippen LogP contribution in [0.5, 0.6) is 5.75 Å². The van der Waals surface area contributed by atoms with Crippen molar-refractivity contribution in [2.75, 3.05) is 43.5 Å². The number of nitrogens with one attached hydrogen (secondary N) is 1. The largest absolute Gasteiger partial charge is 0.496 e. The normalized spacial score (nSPS) is 13.9. The molecule has 2 aromatic carbocycles. The van der Waals surface area contributed by atoms with Gasteiger partial charge in [-0.25, -0.2) is 0 Å². The molecule has 3 rings (SSSR count). The Hall–Kier alpha value is -2.73. The maximum atomic E-state index is 12.9. The van der Waals surface area contributed by atoms with E-state index in [1.807, 2.05) is 36.1 Å². The number of carbonyl (C=O) groups is 2. The molecule has 0 aromatic heterocycles. The van der Waals surface area contributed by atoms with Crippen LogP contribution in [-0.2, 0) is 4.79 Å². The second kappa shape index (κ2) is 9.65. The molecule has 6 nitrogen and oxygen atoms in total. The highest BCUT2D eigenvalue weighted by Crippen LogP contribution is 2.25. The van der Waals surface area contributed by atoms with Gasteiger partial charge < -0.3 is 19.9 Å². The Balaban J connectivity index is 1.60. The summed E-state index contributed by atoms with van der Waals surface area (Å²) in [6.07, 6.45) is 1.35. The lowest BCUT2D eigenvalue weighted by molar-refractivity contribution is -0.116. The Morgan fingerprint density at radius 3 is 2.38 bits per heavy atom. The first kappa shape index (κ1) is 21.0. The Bertz CT molecular complexity index is 862. The van der Waals surface area contributed by atoms with Crippen molar-refractivity contribution in [3.63, 3.8) is 0 Å². The number of carbonyl (C=O) groups excluding carboxylic acids is 2. The third-order valence-corrected chi connectivity index (χ3v) is 5.19. The van der Waals surface area contributed by atoms with Crippen LogP contribution in [0.2, 0.25) is 5.02 Å². The van der Waals surface area contributed by atoms with Crippen molar-refractivity contribution in [3.8, 4) is 5.75 Å². The van der Waals surface area contributed by atoms with E-state index in [2.05, 4.69) is 10.2 Å². The number of rotatable bonds is 6. The molecule has 0 atom stereocenters. The van der Waals surface area contributed by atoms with Crippen LogP contribution < -0.4 is 15.0 Å². The average Bonchev–Trinajstić information content (AvgIpc) is 2.74. The smallest absolute Gasteiger partial charge is 0.257 e. The van der Waals surface area contributed by atoms with Crippen molar-refractivity contribution >= 4 is 34.8 Å². The minimum Gasteiger partial charge on any atom is -0.496 e. The molecule has 1 aliphatic rings. The van der Waals surface area contributed by atoms with Crippen LogP contribution in [-0.4, -0.2) is 50.0 Å². The summed E-state index contributed by atoms with van der Waals surface area (Å²) >= 11 is 6.06. The standard InChI is InChI=1S/C22H26ClN3O3/c1-3-4-21(27)24-17-6-8-18(9-7-17)25-11-13-26(14-12-25)22(28)19-15-16(23)5-10-20(19)29-2/h5-10,15H,3-4,11-14H2,1-2H3,(H,24,27). The van der Waals surface area contributed by atoms with E-state index in [0.29, 0.717) is 35.8 Å². The van der Waals surface area contributed by atoms with Gasteiger partial charge in [0.05, 0.1) is 12.7 Å². The van der Waals surface area contributed by atoms with Crippen LogP contribution in [0.25, 0.3) is 0 Å². The van der Waals surface area contributed by atoms with E-state index in [0.717, 1.165) is 30.9 Å². The summed E-state index contributed by atoms with van der Waals surface area (Å²) in [5.41, 5.74) is 2.36. The summed E-state index contributed by atoms with van der Waals surface area (Å²) in [6, 6.07) is 12.9. The summed E-state index contributed by atoms with van der Waals surface area (Å²) < 4.78 is 5.31. The zero-order chi connectivity index (χ0) is 20.8. The number of amides is 2. The Morgan fingerprint density at radius 2 is 1.76 bits per heavy atom. The van der Waals surface area contributed by atoms with Gasteiger partial charge in [0, 0.05) is 49.0 Å². The fourth-order valence-electron chi connectivity index (χ4n) is 3.39. The molecule has 1 aliphatic heterocycles. The quantitative estimate of drug-likeness (QED) is 0.773. The molecule has 0 saturated carbocycles. The number of hydrogen-bond acceptors (Lipinski definition) is 4. The summed E-state index contributed by atoms with van der Waals surface area (Å²) in [5, 5.41) is 3.41. The van der Waals surface area contributed by atoms with E-state index in [1.165, 1.54) is 0 Å². The average molecular weight is 416 g/mol. The molecule has 1 heterocycles. The number of nitrogens with zero attached hydrogens (tertiary/aromatic N) is 2. The molecule has 2 amide bonds. The van der Waals surface area contributed by atoms with Gasteiger partial charge in [-0.05, 0) is 48.9 Å². The van der Waals surface area contributed by atoms with Gasteiger partial charge in [-0.1, -0.05) is 18.5 Å². The SMILES string of the molecule is CCCC(=O)Nc1ccc(N2CCN(C(=O)c3cc(Cl)ccc3OC)CC2)cc1. The van der Waals surface area contributed by atoms with Gasteiger partial charge in [-0.2, -0.15) is 0 Å². The van der Waals surface area contributed by atoms with Crippen LogP contribution >= 0.6 is 11.6 Å². The summed E-state index contributed by atoms with van der Waals surface area (Å²) in [6.45, 7) is 4.68. The Morgan fingerprint density at radius 1 is 1.07 bits per heavy atom. The van der Waals surface area contributed by atoms with Crippen LogP contribution in [0.3, 0.4) is 0 Å². The first-order valence-corrected chi connectivity index (χ1v) is 10.2. The number of methoxy groups -OCH3 is 1. The molecule has 0 unspecified atom stereocenters. The van der Waals surface area contributed by atoms with Gasteiger partial charge in [-0.15, -0.1) is 0 Å². The van der Waals surface area contributed by atoms with E-state index >= 15 is 0 Å². The highest BCUT2D eigenvalue weighted by atomic mass is 35.5. The molecule has 0 bridgehead atoms. The number of halogens is 1. The van der Waals surface area contributed by atoms with Gasteiger partial charge in [0.25, 0.3) is 5.91 Å². The lowest BCUT2D eigenvalue weighted by Crippen LogP contribution is -2.48. The van der Waals surface area contributed by atoms with Gasteiger partial charge in [0.15, 0.2) is 0 Å². The third-order valence-electron chi connectivity index (χ3n) is 4.95. The van der Waals surface area contributed by atoms with Crippen molar-refractivity contribution < 1.29 is 14.3 Å². The molecule has 2 aromatic rings. The number of anilines is 2.